The first-order chi connectivity index (χ1) is 9.91. The molecule has 1 aromatic carbocycles. The highest BCUT2D eigenvalue weighted by atomic mass is 16.6. The Hall–Kier alpha value is -2.11. The van der Waals surface area contributed by atoms with E-state index >= 15 is 0 Å². The third kappa shape index (κ3) is 3.15. The predicted octanol–water partition coefficient (Wildman–Crippen LogP) is 2.83. The lowest BCUT2D eigenvalue weighted by atomic mass is 9.85. The van der Waals surface area contributed by atoms with Crippen molar-refractivity contribution in [1.29, 1.82) is 0 Å². The Morgan fingerprint density at radius 2 is 2.05 bits per heavy atom. The molecule has 1 aliphatic rings. The second-order valence-electron chi connectivity index (χ2n) is 5.78. The van der Waals surface area contributed by atoms with Crippen molar-refractivity contribution in [3.05, 3.63) is 33.9 Å². The predicted molar refractivity (Wildman–Crippen MR) is 81.0 cm³/mol. The monoisotopic (exact) mass is 291 g/mol. The molecule has 2 unspecified atom stereocenters. The minimum Gasteiger partial charge on any atom is -0.399 e. The molecule has 1 aromatic rings. The molecule has 2 N–H and O–H groups in total. The van der Waals surface area contributed by atoms with Crippen molar-refractivity contribution in [2.75, 3.05) is 12.8 Å². The first kappa shape index (κ1) is 15.3. The number of nitrogen functional groups attached to an aromatic ring is 1. The molecule has 1 saturated carbocycles. The summed E-state index contributed by atoms with van der Waals surface area (Å²) >= 11 is 0. The molecule has 114 valence electrons. The number of carbonyl (C=O) groups excluding carboxylic acids is 1. The normalized spacial score (nSPS) is 21.8. The summed E-state index contributed by atoms with van der Waals surface area (Å²) in [6.45, 7) is 2.13. The third-order valence-electron chi connectivity index (χ3n) is 4.33. The van der Waals surface area contributed by atoms with E-state index in [1.807, 2.05) is 0 Å². The minimum atomic E-state index is -0.537. The highest BCUT2D eigenvalue weighted by molar-refractivity contribution is 5.99. The van der Waals surface area contributed by atoms with Crippen LogP contribution in [-0.4, -0.2) is 28.8 Å². The minimum absolute atomic E-state index is 0.0697. The van der Waals surface area contributed by atoms with Crippen molar-refractivity contribution in [2.24, 2.45) is 5.92 Å². The van der Waals surface area contributed by atoms with E-state index in [4.69, 9.17) is 5.73 Å². The highest BCUT2D eigenvalue weighted by Crippen LogP contribution is 2.30. The van der Waals surface area contributed by atoms with Gasteiger partial charge in [0.05, 0.1) is 4.92 Å². The number of anilines is 1. The Labute approximate surface area is 124 Å². The van der Waals surface area contributed by atoms with Crippen LogP contribution in [0.5, 0.6) is 0 Å². The summed E-state index contributed by atoms with van der Waals surface area (Å²) in [7, 11) is 1.72. The molecular weight excluding hydrogens is 270 g/mol. The van der Waals surface area contributed by atoms with Crippen LogP contribution in [-0.2, 0) is 0 Å². The molecule has 1 fully saturated rings. The molecule has 0 spiro atoms. The van der Waals surface area contributed by atoms with E-state index in [1.165, 1.54) is 24.6 Å². The molecule has 2 rings (SSSR count). The molecule has 21 heavy (non-hydrogen) atoms. The standard InChI is InChI=1S/C15H21N3O3/c1-10-5-3-4-6-13(10)17(2)15(19)12-9-11(16)7-8-14(12)18(20)21/h7-10,13H,3-6,16H2,1-2H3. The molecule has 0 radical (unpaired) electrons. The lowest BCUT2D eigenvalue weighted by molar-refractivity contribution is -0.385. The fourth-order valence-electron chi connectivity index (χ4n) is 3.10. The SMILES string of the molecule is CC1CCCCC1N(C)C(=O)c1cc(N)ccc1[N+](=O)[O-]. The molecule has 0 bridgehead atoms. The number of hydrogen-bond donors (Lipinski definition) is 1. The van der Waals surface area contributed by atoms with Crippen LogP contribution >= 0.6 is 0 Å². The van der Waals surface area contributed by atoms with E-state index in [1.54, 1.807) is 11.9 Å². The zero-order chi connectivity index (χ0) is 15.6. The van der Waals surface area contributed by atoms with Crippen LogP contribution in [0.1, 0.15) is 43.0 Å². The van der Waals surface area contributed by atoms with Crippen LogP contribution in [0.25, 0.3) is 0 Å². The van der Waals surface area contributed by atoms with Crippen molar-refractivity contribution in [2.45, 2.75) is 38.6 Å². The first-order valence-corrected chi connectivity index (χ1v) is 7.23. The molecule has 0 aromatic heterocycles. The van der Waals surface area contributed by atoms with Gasteiger partial charge in [0.2, 0.25) is 0 Å². The highest BCUT2D eigenvalue weighted by Gasteiger charge is 2.31. The molecular formula is C15H21N3O3. The first-order valence-electron chi connectivity index (χ1n) is 7.23. The van der Waals surface area contributed by atoms with Gasteiger partial charge in [0.25, 0.3) is 11.6 Å². The molecule has 1 aliphatic carbocycles. The lowest BCUT2D eigenvalue weighted by Gasteiger charge is -2.36. The number of nitrogens with zero attached hydrogens (tertiary/aromatic N) is 2. The van der Waals surface area contributed by atoms with Crippen LogP contribution in [0.3, 0.4) is 0 Å². The van der Waals surface area contributed by atoms with Gasteiger partial charge in [-0.3, -0.25) is 14.9 Å². The summed E-state index contributed by atoms with van der Waals surface area (Å²) in [5, 5.41) is 11.1. The van der Waals surface area contributed by atoms with Gasteiger partial charge in [-0.05, 0) is 30.9 Å². The Balaban J connectivity index is 2.30. The van der Waals surface area contributed by atoms with E-state index < -0.39 is 4.92 Å². The second-order valence-corrected chi connectivity index (χ2v) is 5.78. The Kier molecular flexibility index (Phi) is 4.45. The maximum atomic E-state index is 12.6. The molecule has 1 amide bonds. The Bertz CT molecular complexity index is 559. The van der Waals surface area contributed by atoms with Gasteiger partial charge in [0.15, 0.2) is 0 Å². The third-order valence-corrected chi connectivity index (χ3v) is 4.33. The topological polar surface area (TPSA) is 89.5 Å². The van der Waals surface area contributed by atoms with Crippen molar-refractivity contribution in [1.82, 2.24) is 4.90 Å². The van der Waals surface area contributed by atoms with Crippen LogP contribution in [0.15, 0.2) is 18.2 Å². The van der Waals surface area contributed by atoms with Gasteiger partial charge >= 0.3 is 0 Å². The Morgan fingerprint density at radius 3 is 2.67 bits per heavy atom. The van der Waals surface area contributed by atoms with Gasteiger partial charge in [0, 0.05) is 24.8 Å². The molecule has 0 saturated heterocycles. The fourth-order valence-corrected chi connectivity index (χ4v) is 3.10. The largest absolute Gasteiger partial charge is 0.399 e. The molecule has 0 heterocycles. The van der Waals surface area contributed by atoms with Crippen molar-refractivity contribution in [3.63, 3.8) is 0 Å². The summed E-state index contributed by atoms with van der Waals surface area (Å²) in [6, 6.07) is 4.26. The lowest BCUT2D eigenvalue weighted by Crippen LogP contribution is -2.42. The van der Waals surface area contributed by atoms with Crippen molar-refractivity contribution >= 4 is 17.3 Å². The Morgan fingerprint density at radius 1 is 1.38 bits per heavy atom. The smallest absolute Gasteiger partial charge is 0.282 e. The number of nitro benzene ring substituents is 1. The number of amides is 1. The van der Waals surface area contributed by atoms with E-state index in [-0.39, 0.29) is 23.2 Å². The maximum Gasteiger partial charge on any atom is 0.282 e. The quantitative estimate of drug-likeness (QED) is 0.527. The van der Waals surface area contributed by atoms with E-state index in [9.17, 15) is 14.9 Å². The van der Waals surface area contributed by atoms with Crippen LogP contribution in [0, 0.1) is 16.0 Å². The molecule has 6 heteroatoms. The van der Waals surface area contributed by atoms with Gasteiger partial charge in [-0.25, -0.2) is 0 Å². The van der Waals surface area contributed by atoms with Gasteiger partial charge in [-0.1, -0.05) is 19.8 Å². The summed E-state index contributed by atoms with van der Waals surface area (Å²) in [6.07, 6.45) is 4.30. The van der Waals surface area contributed by atoms with E-state index in [0.29, 0.717) is 11.6 Å². The molecule has 6 nitrogen and oxygen atoms in total. The molecule has 2 atom stereocenters. The average Bonchev–Trinajstić information content (AvgIpc) is 2.45. The van der Waals surface area contributed by atoms with Crippen LogP contribution in [0.4, 0.5) is 11.4 Å². The maximum absolute atomic E-state index is 12.6. The second kappa shape index (κ2) is 6.11. The number of carbonyl (C=O) groups is 1. The van der Waals surface area contributed by atoms with Crippen molar-refractivity contribution in [3.8, 4) is 0 Å². The van der Waals surface area contributed by atoms with Gasteiger partial charge in [-0.15, -0.1) is 0 Å². The summed E-state index contributed by atoms with van der Waals surface area (Å²) in [4.78, 5) is 24.8. The number of rotatable bonds is 3. The zero-order valence-corrected chi connectivity index (χ0v) is 12.4. The number of hydrogen-bond acceptors (Lipinski definition) is 4. The number of benzene rings is 1. The number of nitrogens with two attached hydrogens (primary N) is 1. The zero-order valence-electron chi connectivity index (χ0n) is 12.4. The van der Waals surface area contributed by atoms with Gasteiger partial charge < -0.3 is 10.6 Å². The van der Waals surface area contributed by atoms with Crippen LogP contribution < -0.4 is 5.73 Å². The van der Waals surface area contributed by atoms with Gasteiger partial charge in [-0.2, -0.15) is 0 Å². The van der Waals surface area contributed by atoms with Crippen molar-refractivity contribution < 1.29 is 9.72 Å². The summed E-state index contributed by atoms with van der Waals surface area (Å²) in [5.74, 6) is 0.0839. The number of nitro groups is 1. The average molecular weight is 291 g/mol. The molecule has 0 aliphatic heterocycles. The summed E-state index contributed by atoms with van der Waals surface area (Å²) < 4.78 is 0. The summed E-state index contributed by atoms with van der Waals surface area (Å²) in [5.41, 5.74) is 5.91. The van der Waals surface area contributed by atoms with E-state index in [2.05, 4.69) is 6.92 Å². The fraction of sp³-hybridized carbons (Fsp3) is 0.533. The van der Waals surface area contributed by atoms with E-state index in [0.717, 1.165) is 19.3 Å². The van der Waals surface area contributed by atoms with Crippen LogP contribution in [0.2, 0.25) is 0 Å². The van der Waals surface area contributed by atoms with Gasteiger partial charge in [0.1, 0.15) is 5.56 Å².